The smallest absolute Gasteiger partial charge is 0.368 e. The number of ether oxygens (including phenoxy) is 1. The number of carbonyl (C=O) groups excluding carboxylic acids is 4. The van der Waals surface area contributed by atoms with E-state index >= 15 is 0 Å². The van der Waals surface area contributed by atoms with E-state index in [1.54, 1.807) is 13.8 Å². The molecule has 10 nitrogen and oxygen atoms in total. The summed E-state index contributed by atoms with van der Waals surface area (Å²) >= 11 is 0. The topological polar surface area (TPSA) is 155 Å². The number of hydrogen-bond acceptors (Lipinski definition) is 6. The zero-order valence-corrected chi connectivity index (χ0v) is 22.5. The maximum atomic E-state index is 14.2. The van der Waals surface area contributed by atoms with E-state index in [4.69, 9.17) is 10.5 Å². The molecule has 4 rings (SSSR count). The molecule has 2 aliphatic heterocycles. The fourth-order valence-corrected chi connectivity index (χ4v) is 7.06. The van der Waals surface area contributed by atoms with Crippen molar-refractivity contribution >= 4 is 23.6 Å². The fraction of sp³-hybridized carbons (Fsp3) is 0.731. The summed E-state index contributed by atoms with van der Waals surface area (Å²) in [5, 5.41) is 14.9. The van der Waals surface area contributed by atoms with Gasteiger partial charge in [0.05, 0.1) is 12.0 Å². The number of nitrogens with one attached hydrogen (secondary N) is 2. The summed E-state index contributed by atoms with van der Waals surface area (Å²) < 4.78 is 45.4. The highest BCUT2D eigenvalue weighted by Gasteiger charge is 2.70. The molecule has 13 heteroatoms. The number of rotatable bonds is 6. The molecule has 39 heavy (non-hydrogen) atoms. The molecule has 0 aromatic carbocycles. The highest BCUT2D eigenvalue weighted by atomic mass is 19.4. The van der Waals surface area contributed by atoms with Crippen LogP contribution >= 0.6 is 0 Å². The Morgan fingerprint density at radius 3 is 2.36 bits per heavy atom. The summed E-state index contributed by atoms with van der Waals surface area (Å²) in [5.74, 6) is -7.11. The Balaban J connectivity index is 1.80. The molecule has 4 N–H and O–H groups in total. The van der Waals surface area contributed by atoms with Gasteiger partial charge in [0.25, 0.3) is 5.91 Å². The zero-order valence-electron chi connectivity index (χ0n) is 22.5. The maximum Gasteiger partial charge on any atom is 0.471 e. The van der Waals surface area contributed by atoms with Crippen LogP contribution in [0.2, 0.25) is 0 Å². The number of halogens is 3. The first kappa shape index (κ1) is 28.9. The van der Waals surface area contributed by atoms with Crippen molar-refractivity contribution in [3.8, 4) is 6.07 Å². The number of primary amides is 1. The van der Waals surface area contributed by atoms with Gasteiger partial charge in [-0.1, -0.05) is 32.9 Å². The molecule has 2 saturated heterocycles. The number of nitrogens with zero attached hydrogens (tertiary/aromatic N) is 2. The Kier molecular flexibility index (Phi) is 6.82. The molecular weight excluding hydrogens is 519 g/mol. The number of alkyl halides is 3. The second kappa shape index (κ2) is 9.21. The first-order valence-corrected chi connectivity index (χ1v) is 12.9. The van der Waals surface area contributed by atoms with Crippen LogP contribution in [0, 0.1) is 46.3 Å². The fourth-order valence-electron chi connectivity index (χ4n) is 7.06. The third-order valence-electron chi connectivity index (χ3n) is 8.57. The van der Waals surface area contributed by atoms with Gasteiger partial charge in [-0.2, -0.15) is 18.4 Å². The Bertz CT molecular complexity index is 1160. The minimum absolute atomic E-state index is 0.0151. The zero-order chi connectivity index (χ0) is 29.3. The molecule has 0 radical (unpaired) electrons. The molecule has 1 saturated carbocycles. The van der Waals surface area contributed by atoms with Gasteiger partial charge in [-0.15, -0.1) is 0 Å². The summed E-state index contributed by atoms with van der Waals surface area (Å²) in [6, 6.07) is 0.413. The first-order chi connectivity index (χ1) is 17.8. The SMILES string of the molecule is CC1(C)NC(=O)[C@H](C[C@H](C#N)C2(C(N)=O)C3C4C=CC(C4)C3CN2C(=O)[C@@H](NC(=O)C(F)(F)F)C(C)(C)C)O1. The van der Waals surface area contributed by atoms with Crippen LogP contribution < -0.4 is 16.4 Å². The number of allylic oxidation sites excluding steroid dienone is 2. The maximum absolute atomic E-state index is 14.2. The molecule has 5 unspecified atom stereocenters. The van der Waals surface area contributed by atoms with Crippen molar-refractivity contribution in [3.63, 3.8) is 0 Å². The van der Waals surface area contributed by atoms with E-state index in [1.165, 1.54) is 20.8 Å². The van der Waals surface area contributed by atoms with E-state index in [-0.39, 0.29) is 30.7 Å². The highest BCUT2D eigenvalue weighted by molar-refractivity contribution is 5.97. The Labute approximate surface area is 224 Å². The molecule has 0 aromatic heterocycles. The van der Waals surface area contributed by atoms with Crippen LogP contribution in [-0.2, 0) is 23.9 Å². The molecule has 4 amide bonds. The summed E-state index contributed by atoms with van der Waals surface area (Å²) in [4.78, 5) is 53.4. The van der Waals surface area contributed by atoms with Crippen molar-refractivity contribution in [3.05, 3.63) is 12.2 Å². The van der Waals surface area contributed by atoms with Crippen LogP contribution in [0.1, 0.15) is 47.5 Å². The molecule has 214 valence electrons. The van der Waals surface area contributed by atoms with Gasteiger partial charge in [-0.3, -0.25) is 19.2 Å². The number of hydrogen-bond donors (Lipinski definition) is 3. The van der Waals surface area contributed by atoms with Gasteiger partial charge in [0.15, 0.2) is 0 Å². The van der Waals surface area contributed by atoms with E-state index in [2.05, 4.69) is 11.4 Å². The van der Waals surface area contributed by atoms with Crippen molar-refractivity contribution in [2.24, 2.45) is 40.7 Å². The summed E-state index contributed by atoms with van der Waals surface area (Å²) in [5.41, 5.74) is 1.89. The minimum atomic E-state index is -5.25. The highest BCUT2D eigenvalue weighted by Crippen LogP contribution is 2.60. The molecule has 8 atom stereocenters. The van der Waals surface area contributed by atoms with Gasteiger partial charge in [0.2, 0.25) is 11.8 Å². The Morgan fingerprint density at radius 2 is 1.87 bits per heavy atom. The number of amides is 4. The quantitative estimate of drug-likeness (QED) is 0.422. The van der Waals surface area contributed by atoms with Crippen LogP contribution in [0.3, 0.4) is 0 Å². The third-order valence-corrected chi connectivity index (χ3v) is 8.57. The lowest BCUT2D eigenvalue weighted by atomic mass is 9.66. The van der Waals surface area contributed by atoms with Gasteiger partial charge >= 0.3 is 12.1 Å². The van der Waals surface area contributed by atoms with Crippen molar-refractivity contribution in [1.82, 2.24) is 15.5 Å². The van der Waals surface area contributed by atoms with Crippen LogP contribution in [0.4, 0.5) is 13.2 Å². The van der Waals surface area contributed by atoms with Crippen molar-refractivity contribution < 1.29 is 37.1 Å². The van der Waals surface area contributed by atoms with E-state index in [1.807, 2.05) is 17.5 Å². The van der Waals surface area contributed by atoms with Crippen LogP contribution in [0.25, 0.3) is 0 Å². The second-order valence-electron chi connectivity index (χ2n) is 12.6. The van der Waals surface area contributed by atoms with E-state index in [0.717, 1.165) is 4.90 Å². The van der Waals surface area contributed by atoms with Crippen molar-refractivity contribution in [2.75, 3.05) is 6.54 Å². The van der Waals surface area contributed by atoms with Crippen LogP contribution in [-0.4, -0.2) is 64.7 Å². The number of likely N-dealkylation sites (tertiary alicyclic amines) is 1. The largest absolute Gasteiger partial charge is 0.471 e. The van der Waals surface area contributed by atoms with E-state index in [9.17, 15) is 37.6 Å². The van der Waals surface area contributed by atoms with Gasteiger partial charge < -0.3 is 26.0 Å². The van der Waals surface area contributed by atoms with Crippen LogP contribution in [0.5, 0.6) is 0 Å². The second-order valence-corrected chi connectivity index (χ2v) is 12.6. The summed E-state index contributed by atoms with van der Waals surface area (Å²) in [7, 11) is 0. The Hall–Kier alpha value is -3.14. The lowest BCUT2D eigenvalue weighted by Crippen LogP contribution is -2.68. The molecule has 3 fully saturated rings. The molecule has 2 heterocycles. The molecule has 4 aliphatic rings. The normalized spacial score (nSPS) is 34.3. The van der Waals surface area contributed by atoms with Crippen molar-refractivity contribution in [2.45, 2.75) is 77.0 Å². The van der Waals surface area contributed by atoms with Gasteiger partial charge in [0, 0.05) is 18.9 Å². The van der Waals surface area contributed by atoms with Crippen molar-refractivity contribution in [1.29, 1.82) is 5.26 Å². The number of nitriles is 1. The molecular formula is C26H34F3N5O5. The predicted octanol–water partition coefficient (Wildman–Crippen LogP) is 1.37. The summed E-state index contributed by atoms with van der Waals surface area (Å²) in [6.45, 7) is 7.67. The third kappa shape index (κ3) is 4.66. The molecule has 0 spiro atoms. The monoisotopic (exact) mass is 553 g/mol. The van der Waals surface area contributed by atoms with Gasteiger partial charge in [-0.05, 0) is 43.4 Å². The van der Waals surface area contributed by atoms with Crippen LogP contribution in [0.15, 0.2) is 12.2 Å². The average Bonchev–Trinajstić information content (AvgIpc) is 3.53. The number of nitrogens with two attached hydrogens (primary N) is 1. The molecule has 2 aliphatic carbocycles. The first-order valence-electron chi connectivity index (χ1n) is 12.9. The molecule has 2 bridgehead atoms. The standard InChI is InChI=1S/C26H34F3N5O5/c1-23(2,3)18(32-22(38)26(27,28)29)20(36)34-11-15-12-6-7-13(8-12)17(15)25(34,21(31)37)14(10-30)9-16-19(35)33-24(4,5)39-16/h6-7,12-18H,8-9,11H2,1-5H3,(H2,31,37)(H,32,38)(H,33,35)/t12?,13?,14-,15?,16+,17?,18-,25?/m1/s1. The van der Waals surface area contributed by atoms with E-state index < -0.39 is 70.5 Å². The predicted molar refractivity (Wildman–Crippen MR) is 130 cm³/mol. The number of carbonyl (C=O) groups is 4. The average molecular weight is 554 g/mol. The minimum Gasteiger partial charge on any atom is -0.368 e. The molecule has 0 aromatic rings. The Morgan fingerprint density at radius 1 is 1.26 bits per heavy atom. The lowest BCUT2D eigenvalue weighted by Gasteiger charge is -2.46. The lowest BCUT2D eigenvalue weighted by molar-refractivity contribution is -0.176. The van der Waals surface area contributed by atoms with Gasteiger partial charge in [-0.25, -0.2) is 0 Å². The number of fused-ring (bicyclic) bond motifs is 5. The van der Waals surface area contributed by atoms with Gasteiger partial charge in [0.1, 0.15) is 23.4 Å². The summed E-state index contributed by atoms with van der Waals surface area (Å²) in [6.07, 6.45) is -2.04. The van der Waals surface area contributed by atoms with E-state index in [0.29, 0.717) is 6.42 Å².